The van der Waals surface area contributed by atoms with Crippen LogP contribution in [0.15, 0.2) is 28.1 Å². The average Bonchev–Trinajstić information content (AvgIpc) is 2.24. The highest BCUT2D eigenvalue weighted by Gasteiger charge is 2.27. The molecule has 1 aromatic carbocycles. The molecule has 0 aromatic heterocycles. The predicted molar refractivity (Wildman–Crippen MR) is 62.4 cm³/mol. The number of rotatable bonds is 1. The Labute approximate surface area is 105 Å². The van der Waals surface area contributed by atoms with E-state index in [-0.39, 0.29) is 5.96 Å². The molecule has 0 saturated carbocycles. The van der Waals surface area contributed by atoms with E-state index in [1.807, 2.05) is 0 Å². The van der Waals surface area contributed by atoms with E-state index < -0.39 is 12.7 Å². The molecule has 0 amide bonds. The lowest BCUT2D eigenvalue weighted by molar-refractivity contribution is -0.118. The molecule has 1 aromatic rings. The van der Waals surface area contributed by atoms with Crippen LogP contribution in [0.4, 0.5) is 18.9 Å². The summed E-state index contributed by atoms with van der Waals surface area (Å²) in [7, 11) is 0. The monoisotopic (exact) mass is 281 g/mol. The molecule has 0 spiro atoms. The van der Waals surface area contributed by atoms with Gasteiger partial charge in [-0.15, -0.1) is 0 Å². The molecular formula is C9H7ClF3N3S. The Balaban J connectivity index is 2.13. The molecule has 0 atom stereocenters. The zero-order chi connectivity index (χ0) is 12.5. The van der Waals surface area contributed by atoms with Gasteiger partial charge in [-0.25, -0.2) is 4.99 Å². The molecule has 2 rings (SSSR count). The van der Waals surface area contributed by atoms with Gasteiger partial charge in [-0.1, -0.05) is 11.6 Å². The van der Waals surface area contributed by atoms with Crippen LogP contribution in [0.3, 0.4) is 0 Å². The van der Waals surface area contributed by atoms with Crippen molar-refractivity contribution in [2.24, 2.45) is 4.99 Å². The number of fused-ring (bicyclic) bond motifs is 1. The fourth-order valence-corrected chi connectivity index (χ4v) is 2.04. The first-order valence-electron chi connectivity index (χ1n) is 4.55. The van der Waals surface area contributed by atoms with Crippen molar-refractivity contribution in [2.45, 2.75) is 11.1 Å². The van der Waals surface area contributed by atoms with Crippen LogP contribution in [-0.2, 0) is 0 Å². The SMILES string of the molecule is FC(F)(F)CN=C1NSc2ccc(Cl)cc2N1. The summed E-state index contributed by atoms with van der Waals surface area (Å²) in [5.74, 6) is 0.0714. The quantitative estimate of drug-likeness (QED) is 0.776. The number of hydrogen-bond acceptors (Lipinski definition) is 2. The fourth-order valence-electron chi connectivity index (χ4n) is 1.19. The molecule has 1 heterocycles. The van der Waals surface area contributed by atoms with Crippen LogP contribution in [0, 0.1) is 0 Å². The summed E-state index contributed by atoms with van der Waals surface area (Å²) < 4.78 is 38.6. The van der Waals surface area contributed by atoms with E-state index in [2.05, 4.69) is 15.0 Å². The van der Waals surface area contributed by atoms with Gasteiger partial charge in [0, 0.05) is 5.02 Å². The Bertz CT molecular complexity index is 461. The Kier molecular flexibility index (Phi) is 3.39. The number of nitrogens with one attached hydrogen (secondary N) is 2. The van der Waals surface area contributed by atoms with Crippen molar-refractivity contribution in [3.8, 4) is 0 Å². The topological polar surface area (TPSA) is 36.4 Å². The molecule has 0 fully saturated rings. The molecule has 0 aliphatic carbocycles. The largest absolute Gasteiger partial charge is 0.408 e. The number of aliphatic imine (C=N–C) groups is 1. The van der Waals surface area contributed by atoms with E-state index in [1.54, 1.807) is 18.2 Å². The number of hydrogen-bond donors (Lipinski definition) is 2. The molecule has 8 heteroatoms. The summed E-state index contributed by atoms with van der Waals surface area (Å²) in [6.45, 7) is -1.22. The maximum Gasteiger partial charge on any atom is 0.408 e. The smallest absolute Gasteiger partial charge is 0.325 e. The minimum Gasteiger partial charge on any atom is -0.325 e. The lowest BCUT2D eigenvalue weighted by Gasteiger charge is -2.20. The standard InChI is InChI=1S/C9H7ClF3N3S/c10-5-1-2-7-6(3-5)15-8(16-17-7)14-4-9(11,12)13/h1-3H,4H2,(H2,14,15,16). The highest BCUT2D eigenvalue weighted by Crippen LogP contribution is 2.31. The summed E-state index contributed by atoms with van der Waals surface area (Å²) >= 11 is 6.97. The Morgan fingerprint density at radius 2 is 2.12 bits per heavy atom. The van der Waals surface area contributed by atoms with Gasteiger partial charge < -0.3 is 5.32 Å². The molecule has 3 nitrogen and oxygen atoms in total. The van der Waals surface area contributed by atoms with E-state index in [1.165, 1.54) is 11.9 Å². The van der Waals surface area contributed by atoms with Gasteiger partial charge in [0.15, 0.2) is 0 Å². The van der Waals surface area contributed by atoms with Crippen molar-refractivity contribution in [3.05, 3.63) is 23.2 Å². The molecule has 17 heavy (non-hydrogen) atoms. The number of benzene rings is 1. The summed E-state index contributed by atoms with van der Waals surface area (Å²) in [5.41, 5.74) is 0.641. The molecule has 1 aliphatic rings. The van der Waals surface area contributed by atoms with E-state index in [0.29, 0.717) is 10.7 Å². The van der Waals surface area contributed by atoms with Crippen molar-refractivity contribution in [3.63, 3.8) is 0 Å². The van der Waals surface area contributed by atoms with Crippen LogP contribution in [0.1, 0.15) is 0 Å². The van der Waals surface area contributed by atoms with Crippen LogP contribution in [0.2, 0.25) is 5.02 Å². The highest BCUT2D eigenvalue weighted by molar-refractivity contribution is 7.98. The Hall–Kier alpha value is -1.08. The second-order valence-corrected chi connectivity index (χ2v) is 4.53. The van der Waals surface area contributed by atoms with Crippen LogP contribution >= 0.6 is 23.5 Å². The van der Waals surface area contributed by atoms with E-state index in [0.717, 1.165) is 4.90 Å². The van der Waals surface area contributed by atoms with Crippen LogP contribution < -0.4 is 10.0 Å². The van der Waals surface area contributed by atoms with Gasteiger partial charge in [-0.2, -0.15) is 13.2 Å². The van der Waals surface area contributed by atoms with Crippen LogP contribution in [-0.4, -0.2) is 18.7 Å². The number of alkyl halides is 3. The maximum absolute atomic E-state index is 12.0. The van der Waals surface area contributed by atoms with Crippen molar-refractivity contribution in [1.82, 2.24) is 4.72 Å². The fraction of sp³-hybridized carbons (Fsp3) is 0.222. The highest BCUT2D eigenvalue weighted by atomic mass is 35.5. The predicted octanol–water partition coefficient (Wildman–Crippen LogP) is 3.28. The summed E-state index contributed by atoms with van der Waals surface area (Å²) in [4.78, 5) is 4.24. The molecule has 0 radical (unpaired) electrons. The third-order valence-electron chi connectivity index (χ3n) is 1.87. The first kappa shape index (κ1) is 12.4. The third kappa shape index (κ3) is 3.44. The zero-order valence-corrected chi connectivity index (χ0v) is 9.88. The number of nitrogens with zero attached hydrogens (tertiary/aromatic N) is 1. The van der Waals surface area contributed by atoms with Crippen molar-refractivity contribution in [2.75, 3.05) is 11.9 Å². The van der Waals surface area contributed by atoms with Gasteiger partial charge in [0.2, 0.25) is 5.96 Å². The first-order valence-corrected chi connectivity index (χ1v) is 5.74. The average molecular weight is 282 g/mol. The Morgan fingerprint density at radius 1 is 1.35 bits per heavy atom. The minimum absolute atomic E-state index is 0.0714. The lowest BCUT2D eigenvalue weighted by atomic mass is 10.3. The number of anilines is 1. The second kappa shape index (κ2) is 4.66. The molecule has 0 saturated heterocycles. The Morgan fingerprint density at radius 3 is 2.82 bits per heavy atom. The molecular weight excluding hydrogens is 275 g/mol. The van der Waals surface area contributed by atoms with Gasteiger partial charge in [-0.05, 0) is 30.1 Å². The summed E-state index contributed by atoms with van der Waals surface area (Å²) in [6, 6.07) is 5.10. The maximum atomic E-state index is 12.0. The van der Waals surface area contributed by atoms with Gasteiger partial charge in [0.1, 0.15) is 6.54 Å². The van der Waals surface area contributed by atoms with Gasteiger partial charge in [0.05, 0.1) is 10.6 Å². The van der Waals surface area contributed by atoms with E-state index in [4.69, 9.17) is 11.6 Å². The molecule has 0 unspecified atom stereocenters. The second-order valence-electron chi connectivity index (χ2n) is 3.25. The van der Waals surface area contributed by atoms with Crippen molar-refractivity contribution < 1.29 is 13.2 Å². The summed E-state index contributed by atoms with van der Waals surface area (Å²) in [5, 5.41) is 3.25. The van der Waals surface area contributed by atoms with Gasteiger partial charge >= 0.3 is 6.18 Å². The van der Waals surface area contributed by atoms with E-state index >= 15 is 0 Å². The van der Waals surface area contributed by atoms with Crippen LogP contribution in [0.25, 0.3) is 0 Å². The van der Waals surface area contributed by atoms with Gasteiger partial charge in [0.25, 0.3) is 0 Å². The first-order chi connectivity index (χ1) is 7.94. The van der Waals surface area contributed by atoms with E-state index in [9.17, 15) is 13.2 Å². The molecule has 0 bridgehead atoms. The summed E-state index contributed by atoms with van der Waals surface area (Å²) in [6.07, 6.45) is -4.31. The van der Waals surface area contributed by atoms with Gasteiger partial charge in [-0.3, -0.25) is 4.72 Å². The normalized spacial score (nSPS) is 17.3. The number of halogens is 4. The molecule has 2 N–H and O–H groups in total. The van der Waals surface area contributed by atoms with Crippen LogP contribution in [0.5, 0.6) is 0 Å². The van der Waals surface area contributed by atoms with Crippen molar-refractivity contribution >= 4 is 35.2 Å². The molecule has 1 aliphatic heterocycles. The lowest BCUT2D eigenvalue weighted by Crippen LogP contribution is -2.30. The number of guanidine groups is 1. The van der Waals surface area contributed by atoms with Crippen molar-refractivity contribution in [1.29, 1.82) is 0 Å². The molecule has 92 valence electrons. The minimum atomic E-state index is -4.31. The zero-order valence-electron chi connectivity index (χ0n) is 8.31. The third-order valence-corrected chi connectivity index (χ3v) is 2.98.